The number of nitrogens with one attached hydrogen (secondary N) is 1. The Morgan fingerprint density at radius 3 is 2.92 bits per heavy atom. The van der Waals surface area contributed by atoms with Gasteiger partial charge in [0.1, 0.15) is 11.1 Å². The molecular weight excluding hydrogens is 340 g/mol. The lowest BCUT2D eigenvalue weighted by Crippen LogP contribution is -2.49. The van der Waals surface area contributed by atoms with Crippen LogP contribution in [0, 0.1) is 10.1 Å². The first-order chi connectivity index (χ1) is 12.2. The molecule has 2 aromatic rings. The Morgan fingerprint density at radius 1 is 1.46 bits per heavy atom. The number of nitro groups is 1. The molecule has 9 heteroatoms. The predicted octanol–water partition coefficient (Wildman–Crippen LogP) is 3.23. The number of rotatable bonds is 3. The van der Waals surface area contributed by atoms with Gasteiger partial charge in [-0.3, -0.25) is 10.1 Å². The van der Waals surface area contributed by atoms with Crippen molar-refractivity contribution in [3.05, 3.63) is 28.3 Å². The van der Waals surface area contributed by atoms with Crippen LogP contribution in [0.5, 0.6) is 0 Å². The summed E-state index contributed by atoms with van der Waals surface area (Å²) in [5.41, 5.74) is 0.359. The molecule has 1 fully saturated rings. The first kappa shape index (κ1) is 18.0. The van der Waals surface area contributed by atoms with Crippen LogP contribution < -0.4 is 10.2 Å². The Hall–Kier alpha value is -2.84. The molecule has 1 N–H and O–H groups in total. The number of amides is 1. The number of carbonyl (C=O) groups excluding carboxylic acids is 1. The third-order valence-electron chi connectivity index (χ3n) is 3.98. The Morgan fingerprint density at radius 2 is 2.23 bits per heavy atom. The number of carbonyl (C=O) groups is 1. The van der Waals surface area contributed by atoms with Crippen LogP contribution in [0.4, 0.5) is 16.5 Å². The molecule has 0 aliphatic carbocycles. The Labute approximate surface area is 150 Å². The number of benzene rings is 1. The van der Waals surface area contributed by atoms with Gasteiger partial charge < -0.3 is 19.4 Å². The van der Waals surface area contributed by atoms with E-state index in [2.05, 4.69) is 10.3 Å². The lowest BCUT2D eigenvalue weighted by molar-refractivity contribution is -0.384. The predicted molar refractivity (Wildman–Crippen MR) is 95.3 cm³/mol. The molecule has 1 aliphatic heterocycles. The van der Waals surface area contributed by atoms with Crippen molar-refractivity contribution in [1.29, 1.82) is 0 Å². The molecule has 0 radical (unpaired) electrons. The van der Waals surface area contributed by atoms with Crippen molar-refractivity contribution in [2.24, 2.45) is 0 Å². The number of nitro benzene ring substituents is 1. The summed E-state index contributed by atoms with van der Waals surface area (Å²) in [6, 6.07) is 4.65. The van der Waals surface area contributed by atoms with E-state index in [1.807, 2.05) is 25.7 Å². The van der Waals surface area contributed by atoms with Crippen LogP contribution in [-0.2, 0) is 4.74 Å². The average molecular weight is 362 g/mol. The second-order valence-corrected chi connectivity index (χ2v) is 7.34. The summed E-state index contributed by atoms with van der Waals surface area (Å²) in [5, 5.41) is 13.8. The van der Waals surface area contributed by atoms with E-state index < -0.39 is 16.6 Å². The number of nitrogens with zero attached hydrogens (tertiary/aromatic N) is 3. The third kappa shape index (κ3) is 4.22. The number of piperidine rings is 1. The lowest BCUT2D eigenvalue weighted by atomic mass is 10.1. The van der Waals surface area contributed by atoms with Crippen LogP contribution in [0.3, 0.4) is 0 Å². The largest absolute Gasteiger partial charge is 0.444 e. The molecule has 3 rings (SSSR count). The van der Waals surface area contributed by atoms with Gasteiger partial charge in [-0.15, -0.1) is 0 Å². The monoisotopic (exact) mass is 362 g/mol. The molecule has 1 aliphatic rings. The van der Waals surface area contributed by atoms with Gasteiger partial charge in [0.2, 0.25) is 0 Å². The number of oxazole rings is 1. The summed E-state index contributed by atoms with van der Waals surface area (Å²) in [6.45, 7) is 6.72. The summed E-state index contributed by atoms with van der Waals surface area (Å²) in [4.78, 5) is 28.7. The van der Waals surface area contributed by atoms with Crippen LogP contribution >= 0.6 is 0 Å². The molecule has 1 aromatic heterocycles. The molecular formula is C17H22N4O5. The minimum absolute atomic E-state index is 0.0273. The maximum Gasteiger partial charge on any atom is 0.407 e. The average Bonchev–Trinajstić information content (AvgIpc) is 2.96. The summed E-state index contributed by atoms with van der Waals surface area (Å²) < 4.78 is 11.0. The van der Waals surface area contributed by atoms with Crippen molar-refractivity contribution in [3.63, 3.8) is 0 Å². The summed E-state index contributed by atoms with van der Waals surface area (Å²) in [6.07, 6.45) is 1.25. The van der Waals surface area contributed by atoms with Crippen molar-refractivity contribution < 1.29 is 18.9 Å². The van der Waals surface area contributed by atoms with Crippen molar-refractivity contribution in [2.45, 2.75) is 45.3 Å². The van der Waals surface area contributed by atoms with Gasteiger partial charge in [0.15, 0.2) is 5.58 Å². The van der Waals surface area contributed by atoms with Gasteiger partial charge >= 0.3 is 6.09 Å². The molecule has 0 bridgehead atoms. The second kappa shape index (κ2) is 6.81. The van der Waals surface area contributed by atoms with E-state index in [1.165, 1.54) is 12.1 Å². The van der Waals surface area contributed by atoms with Crippen LogP contribution in [0.2, 0.25) is 0 Å². The van der Waals surface area contributed by atoms with Crippen molar-refractivity contribution in [3.8, 4) is 0 Å². The van der Waals surface area contributed by atoms with Gasteiger partial charge in [-0.1, -0.05) is 0 Å². The van der Waals surface area contributed by atoms with Crippen LogP contribution in [0.15, 0.2) is 22.6 Å². The molecule has 9 nitrogen and oxygen atoms in total. The van der Waals surface area contributed by atoms with Gasteiger partial charge in [0.05, 0.1) is 4.92 Å². The van der Waals surface area contributed by atoms with Gasteiger partial charge in [-0.25, -0.2) is 4.79 Å². The maximum atomic E-state index is 12.0. The van der Waals surface area contributed by atoms with Crippen LogP contribution in [0.1, 0.15) is 33.6 Å². The van der Waals surface area contributed by atoms with Crippen LogP contribution in [-0.4, -0.2) is 40.7 Å². The smallest absolute Gasteiger partial charge is 0.407 e. The Balaban J connectivity index is 1.70. The van der Waals surface area contributed by atoms with Crippen molar-refractivity contribution in [1.82, 2.24) is 10.3 Å². The molecule has 1 atom stereocenters. The zero-order valence-electron chi connectivity index (χ0n) is 15.0. The van der Waals surface area contributed by atoms with Gasteiger partial charge in [0, 0.05) is 31.3 Å². The molecule has 1 amide bonds. The van der Waals surface area contributed by atoms with E-state index >= 15 is 0 Å². The minimum Gasteiger partial charge on any atom is -0.444 e. The highest BCUT2D eigenvalue weighted by atomic mass is 16.6. The number of aromatic nitrogens is 1. The third-order valence-corrected chi connectivity index (χ3v) is 3.98. The quantitative estimate of drug-likeness (QED) is 0.659. The lowest BCUT2D eigenvalue weighted by Gasteiger charge is -2.32. The molecule has 2 heterocycles. The van der Waals surface area contributed by atoms with E-state index in [0.717, 1.165) is 19.4 Å². The number of alkyl carbamates (subject to hydrolysis) is 1. The number of anilines is 1. The van der Waals surface area contributed by atoms with Gasteiger partial charge in [-0.2, -0.15) is 4.98 Å². The number of hydrogen-bond acceptors (Lipinski definition) is 7. The minimum atomic E-state index is -0.548. The molecule has 0 unspecified atom stereocenters. The van der Waals surface area contributed by atoms with Crippen molar-refractivity contribution in [2.75, 3.05) is 18.0 Å². The highest BCUT2D eigenvalue weighted by Crippen LogP contribution is 2.27. The molecule has 0 spiro atoms. The summed E-state index contributed by atoms with van der Waals surface area (Å²) >= 11 is 0. The zero-order valence-corrected chi connectivity index (χ0v) is 15.0. The number of fused-ring (bicyclic) bond motifs is 1. The van der Waals surface area contributed by atoms with Crippen LogP contribution in [0.25, 0.3) is 11.1 Å². The number of non-ortho nitro benzene ring substituents is 1. The maximum absolute atomic E-state index is 12.0. The first-order valence-corrected chi connectivity index (χ1v) is 8.51. The zero-order chi connectivity index (χ0) is 18.9. The Bertz CT molecular complexity index is 826. The fourth-order valence-corrected chi connectivity index (χ4v) is 2.90. The molecule has 26 heavy (non-hydrogen) atoms. The molecule has 1 aromatic carbocycles. The normalized spacial score (nSPS) is 18.0. The standard InChI is InChI=1S/C17H22N4O5/c1-17(2,3)26-16(22)18-11-5-4-8-20(10-11)15-19-13-9-12(21(23)24)6-7-14(13)25-15/h6-7,9,11H,4-5,8,10H2,1-3H3,(H,18,22)/t11-/m0/s1. The summed E-state index contributed by atoms with van der Waals surface area (Å²) in [5.74, 6) is 0. The van der Waals surface area contributed by atoms with E-state index in [0.29, 0.717) is 23.7 Å². The van der Waals surface area contributed by atoms with E-state index in [9.17, 15) is 14.9 Å². The van der Waals surface area contributed by atoms with E-state index in [4.69, 9.17) is 9.15 Å². The van der Waals surface area contributed by atoms with Crippen molar-refractivity contribution >= 4 is 28.9 Å². The molecule has 140 valence electrons. The van der Waals surface area contributed by atoms with E-state index in [-0.39, 0.29) is 11.7 Å². The highest BCUT2D eigenvalue weighted by molar-refractivity contribution is 5.77. The highest BCUT2D eigenvalue weighted by Gasteiger charge is 2.26. The SMILES string of the molecule is CC(C)(C)OC(=O)N[C@H]1CCCN(c2nc3cc([N+](=O)[O-])ccc3o2)C1. The fourth-order valence-electron chi connectivity index (χ4n) is 2.90. The first-order valence-electron chi connectivity index (χ1n) is 8.51. The van der Waals surface area contributed by atoms with E-state index in [1.54, 1.807) is 6.07 Å². The fraction of sp³-hybridized carbons (Fsp3) is 0.529. The van der Waals surface area contributed by atoms with Gasteiger partial charge in [0.25, 0.3) is 11.7 Å². The molecule has 0 saturated carbocycles. The number of ether oxygens (including phenoxy) is 1. The topological polar surface area (TPSA) is 111 Å². The summed E-state index contributed by atoms with van der Waals surface area (Å²) in [7, 11) is 0. The molecule has 1 saturated heterocycles. The van der Waals surface area contributed by atoms with Gasteiger partial charge in [-0.05, 0) is 39.7 Å². The number of hydrogen-bond donors (Lipinski definition) is 1. The second-order valence-electron chi connectivity index (χ2n) is 7.34. The Kier molecular flexibility index (Phi) is 4.71.